The van der Waals surface area contributed by atoms with Gasteiger partial charge in [-0.15, -0.1) is 0 Å². The topological polar surface area (TPSA) is 44.3 Å². The number of thioether (sulfide) groups is 1. The van der Waals surface area contributed by atoms with Gasteiger partial charge in [0.15, 0.2) is 5.17 Å². The second kappa shape index (κ2) is 4.91. The maximum Gasteiger partial charge on any atom is 0.160 e. The fraction of sp³-hybridized carbons (Fsp3) is 0.375. The van der Waals surface area contributed by atoms with Gasteiger partial charge in [0.25, 0.3) is 0 Å². The van der Waals surface area contributed by atoms with Crippen molar-refractivity contribution in [1.82, 2.24) is 14.9 Å². The first-order chi connectivity index (χ1) is 10.2. The van der Waals surface area contributed by atoms with Crippen LogP contribution in [0.15, 0.2) is 41.5 Å². The van der Waals surface area contributed by atoms with Crippen molar-refractivity contribution in [3.63, 3.8) is 0 Å². The number of nitrogens with one attached hydrogen (secondary N) is 1. The van der Waals surface area contributed by atoms with Crippen LogP contribution in [0.4, 0.5) is 0 Å². The number of hydrogen-bond acceptors (Lipinski definition) is 4. The third-order valence-electron chi connectivity index (χ3n) is 4.05. The number of pyridine rings is 1. The summed E-state index contributed by atoms with van der Waals surface area (Å²) in [7, 11) is 0. The normalized spacial score (nSPS) is 27.8. The number of nitrogens with zero attached hydrogens (tertiary/aromatic N) is 3. The molecule has 21 heavy (non-hydrogen) atoms. The Morgan fingerprint density at radius 2 is 2.19 bits per heavy atom. The fourth-order valence-electron chi connectivity index (χ4n) is 3.15. The highest BCUT2D eigenvalue weighted by atomic mass is 32.2. The first-order valence-electron chi connectivity index (χ1n) is 7.30. The quantitative estimate of drug-likeness (QED) is 0.925. The largest absolute Gasteiger partial charge is 0.361 e. The van der Waals surface area contributed by atoms with E-state index in [0.717, 1.165) is 17.4 Å². The summed E-state index contributed by atoms with van der Waals surface area (Å²) in [5, 5.41) is 1.77. The van der Waals surface area contributed by atoms with Gasteiger partial charge in [-0.2, -0.15) is 0 Å². The predicted molar refractivity (Wildman–Crippen MR) is 86.4 cm³/mol. The maximum absolute atomic E-state index is 4.96. The molecule has 4 rings (SSSR count). The fourth-order valence-corrected chi connectivity index (χ4v) is 4.25. The molecule has 2 aliphatic rings. The molecule has 1 N–H and O–H groups in total. The summed E-state index contributed by atoms with van der Waals surface area (Å²) in [5.41, 5.74) is 3.47. The highest BCUT2D eigenvalue weighted by molar-refractivity contribution is 8.14. The Balaban J connectivity index is 1.77. The lowest BCUT2D eigenvalue weighted by Gasteiger charge is -2.26. The second-order valence-electron chi connectivity index (χ2n) is 5.73. The Morgan fingerprint density at radius 1 is 1.29 bits per heavy atom. The van der Waals surface area contributed by atoms with Gasteiger partial charge in [-0.25, -0.2) is 0 Å². The Kier molecular flexibility index (Phi) is 3.03. The van der Waals surface area contributed by atoms with Crippen LogP contribution in [0.3, 0.4) is 0 Å². The number of aliphatic imine (C=N–C) groups is 1. The van der Waals surface area contributed by atoms with Crippen LogP contribution in [0.25, 0.3) is 0 Å². The minimum atomic E-state index is 0.0826. The van der Waals surface area contributed by atoms with Crippen molar-refractivity contribution < 1.29 is 0 Å². The smallest absolute Gasteiger partial charge is 0.160 e. The molecular formula is C16H18N4S. The molecule has 0 bridgehead atoms. The molecule has 108 valence electrons. The Hall–Kier alpha value is -1.75. The van der Waals surface area contributed by atoms with Crippen molar-refractivity contribution in [1.29, 1.82) is 0 Å². The third-order valence-corrected chi connectivity index (χ3v) is 5.16. The number of H-pyrrole nitrogens is 1. The zero-order valence-electron chi connectivity index (χ0n) is 12.2. The van der Waals surface area contributed by atoms with E-state index in [0.29, 0.717) is 5.25 Å². The van der Waals surface area contributed by atoms with Crippen molar-refractivity contribution in [2.45, 2.75) is 31.2 Å². The van der Waals surface area contributed by atoms with Gasteiger partial charge in [-0.3, -0.25) is 9.98 Å². The van der Waals surface area contributed by atoms with Crippen LogP contribution >= 0.6 is 11.8 Å². The number of aryl methyl sites for hydroxylation is 1. The number of hydrogen-bond donors (Lipinski definition) is 1. The van der Waals surface area contributed by atoms with Gasteiger partial charge in [0, 0.05) is 29.4 Å². The van der Waals surface area contributed by atoms with Gasteiger partial charge in [-0.1, -0.05) is 24.8 Å². The molecule has 0 aliphatic carbocycles. The molecule has 2 aromatic rings. The van der Waals surface area contributed by atoms with Crippen LogP contribution in [0.5, 0.6) is 0 Å². The van der Waals surface area contributed by atoms with Gasteiger partial charge in [0.05, 0.1) is 11.7 Å². The average molecular weight is 298 g/mol. The summed E-state index contributed by atoms with van der Waals surface area (Å²) in [5.74, 6) is 0. The van der Waals surface area contributed by atoms with Crippen LogP contribution in [-0.4, -0.2) is 31.8 Å². The molecule has 0 aromatic carbocycles. The van der Waals surface area contributed by atoms with Gasteiger partial charge < -0.3 is 9.88 Å². The minimum absolute atomic E-state index is 0.0826. The molecule has 3 atom stereocenters. The van der Waals surface area contributed by atoms with E-state index in [9.17, 15) is 0 Å². The SMILES string of the molecule is Cc1ccc([C@@H]2[C@H](c3ccccn3)N=C3S[C@@H](C)CN32)[nH]1. The lowest BCUT2D eigenvalue weighted by Crippen LogP contribution is -2.28. The molecule has 0 radical (unpaired) electrons. The molecule has 4 nitrogen and oxygen atoms in total. The van der Waals surface area contributed by atoms with E-state index in [1.807, 2.05) is 30.1 Å². The van der Waals surface area contributed by atoms with Crippen molar-refractivity contribution >= 4 is 16.9 Å². The summed E-state index contributed by atoms with van der Waals surface area (Å²) < 4.78 is 0. The van der Waals surface area contributed by atoms with Gasteiger partial charge >= 0.3 is 0 Å². The van der Waals surface area contributed by atoms with Crippen LogP contribution in [-0.2, 0) is 0 Å². The number of aromatic amines is 1. The van der Waals surface area contributed by atoms with E-state index in [4.69, 9.17) is 4.99 Å². The van der Waals surface area contributed by atoms with Gasteiger partial charge in [0.1, 0.15) is 6.04 Å². The van der Waals surface area contributed by atoms with Crippen LogP contribution in [0, 0.1) is 6.92 Å². The number of amidine groups is 1. The lowest BCUT2D eigenvalue weighted by molar-refractivity contribution is 0.316. The Bertz CT molecular complexity index is 679. The summed E-state index contributed by atoms with van der Waals surface area (Å²) in [6.07, 6.45) is 1.85. The van der Waals surface area contributed by atoms with Crippen molar-refractivity contribution in [3.05, 3.63) is 53.6 Å². The molecule has 0 saturated carbocycles. The third kappa shape index (κ3) is 2.16. The highest BCUT2D eigenvalue weighted by Gasteiger charge is 2.43. The van der Waals surface area contributed by atoms with Gasteiger partial charge in [-0.05, 0) is 31.2 Å². The van der Waals surface area contributed by atoms with E-state index in [1.54, 1.807) is 0 Å². The number of fused-ring (bicyclic) bond motifs is 1. The van der Waals surface area contributed by atoms with E-state index in [1.165, 1.54) is 11.4 Å². The molecule has 0 amide bonds. The molecule has 1 fully saturated rings. The van der Waals surface area contributed by atoms with Crippen LogP contribution in [0.2, 0.25) is 0 Å². The second-order valence-corrected chi connectivity index (χ2v) is 7.14. The molecule has 1 saturated heterocycles. The van der Waals surface area contributed by atoms with Crippen molar-refractivity contribution in [3.8, 4) is 0 Å². The highest BCUT2D eigenvalue weighted by Crippen LogP contribution is 2.47. The average Bonchev–Trinajstić information content (AvgIpc) is 3.13. The van der Waals surface area contributed by atoms with E-state index in [2.05, 4.69) is 46.9 Å². The van der Waals surface area contributed by atoms with Crippen molar-refractivity contribution in [2.24, 2.45) is 4.99 Å². The molecule has 0 unspecified atom stereocenters. The molecule has 0 spiro atoms. The molecule has 5 heteroatoms. The number of aromatic nitrogens is 2. The zero-order chi connectivity index (χ0) is 14.4. The summed E-state index contributed by atoms with van der Waals surface area (Å²) in [6, 6.07) is 10.7. The Morgan fingerprint density at radius 3 is 2.90 bits per heavy atom. The van der Waals surface area contributed by atoms with Gasteiger partial charge in [0.2, 0.25) is 0 Å². The summed E-state index contributed by atoms with van der Waals surface area (Å²) in [6.45, 7) is 5.41. The standard InChI is InChI=1S/C16H18N4S/c1-10-6-7-13(18-10)15-14(12-5-3-4-8-17-12)19-16-20(15)9-11(2)21-16/h3-8,11,14-15,18H,9H2,1-2H3/t11-,14-,15+/m0/s1. The lowest BCUT2D eigenvalue weighted by atomic mass is 10.0. The maximum atomic E-state index is 4.96. The minimum Gasteiger partial charge on any atom is -0.361 e. The molecule has 4 heterocycles. The summed E-state index contributed by atoms with van der Waals surface area (Å²) >= 11 is 1.87. The summed E-state index contributed by atoms with van der Waals surface area (Å²) in [4.78, 5) is 15.4. The Labute approximate surface area is 128 Å². The number of rotatable bonds is 2. The predicted octanol–water partition coefficient (Wildman–Crippen LogP) is 3.31. The van der Waals surface area contributed by atoms with E-state index >= 15 is 0 Å². The monoisotopic (exact) mass is 298 g/mol. The first-order valence-corrected chi connectivity index (χ1v) is 8.18. The molecule has 2 aliphatic heterocycles. The molecule has 2 aromatic heterocycles. The van der Waals surface area contributed by atoms with E-state index in [-0.39, 0.29) is 12.1 Å². The zero-order valence-corrected chi connectivity index (χ0v) is 13.0. The first kappa shape index (κ1) is 13.0. The van der Waals surface area contributed by atoms with Crippen LogP contribution < -0.4 is 0 Å². The van der Waals surface area contributed by atoms with E-state index < -0.39 is 0 Å². The van der Waals surface area contributed by atoms with Crippen LogP contribution in [0.1, 0.15) is 36.1 Å². The molecular weight excluding hydrogens is 280 g/mol. The van der Waals surface area contributed by atoms with Crippen molar-refractivity contribution in [2.75, 3.05) is 6.54 Å².